The standard InChI is InChI=1S/C6H14N2O.H2O4S/c1-6(9)8-4-2-7-3-5-8;1-5(2,3)4/h6-7,9H,2-5H2,1H3;(H2,1,2,3,4). The quantitative estimate of drug-likeness (QED) is 0.407. The van der Waals surface area contributed by atoms with Crippen LogP contribution in [0.2, 0.25) is 0 Å². The van der Waals surface area contributed by atoms with Crippen LogP contribution >= 0.6 is 0 Å². The van der Waals surface area contributed by atoms with Crippen LogP contribution in [0.4, 0.5) is 0 Å². The van der Waals surface area contributed by atoms with E-state index in [1.54, 1.807) is 0 Å². The maximum absolute atomic E-state index is 9.08. The SMILES string of the molecule is CC(O)N1CCNCC1.O=S(=O)(O)O. The van der Waals surface area contributed by atoms with Crippen LogP contribution < -0.4 is 5.32 Å². The number of rotatable bonds is 1. The van der Waals surface area contributed by atoms with Gasteiger partial charge in [0.1, 0.15) is 6.23 Å². The highest BCUT2D eigenvalue weighted by molar-refractivity contribution is 7.79. The summed E-state index contributed by atoms with van der Waals surface area (Å²) >= 11 is 0. The molecule has 1 aliphatic heterocycles. The van der Waals surface area contributed by atoms with Gasteiger partial charge in [-0.1, -0.05) is 0 Å². The van der Waals surface area contributed by atoms with E-state index in [9.17, 15) is 0 Å². The summed E-state index contributed by atoms with van der Waals surface area (Å²) in [4.78, 5) is 2.05. The van der Waals surface area contributed by atoms with Crippen LogP contribution in [0.1, 0.15) is 6.92 Å². The molecule has 7 nitrogen and oxygen atoms in total. The van der Waals surface area contributed by atoms with E-state index < -0.39 is 10.4 Å². The average Bonchev–Trinajstić information content (AvgIpc) is 2.03. The van der Waals surface area contributed by atoms with Gasteiger partial charge in [-0.15, -0.1) is 0 Å². The van der Waals surface area contributed by atoms with Gasteiger partial charge in [0.15, 0.2) is 0 Å². The second kappa shape index (κ2) is 6.27. The van der Waals surface area contributed by atoms with E-state index in [1.165, 1.54) is 0 Å². The zero-order valence-electron chi connectivity index (χ0n) is 7.92. The van der Waals surface area contributed by atoms with Crippen molar-refractivity contribution >= 4 is 10.4 Å². The fourth-order valence-corrected chi connectivity index (χ4v) is 1.06. The third-order valence-corrected chi connectivity index (χ3v) is 1.68. The largest absolute Gasteiger partial charge is 0.394 e. The Labute approximate surface area is 83.3 Å². The van der Waals surface area contributed by atoms with E-state index in [-0.39, 0.29) is 6.23 Å². The monoisotopic (exact) mass is 228 g/mol. The summed E-state index contributed by atoms with van der Waals surface area (Å²) < 4.78 is 31.6. The normalized spacial score (nSPS) is 20.9. The third-order valence-electron chi connectivity index (χ3n) is 1.68. The van der Waals surface area contributed by atoms with Gasteiger partial charge < -0.3 is 10.4 Å². The maximum atomic E-state index is 9.08. The van der Waals surface area contributed by atoms with E-state index in [2.05, 4.69) is 10.2 Å². The Morgan fingerprint density at radius 1 is 1.29 bits per heavy atom. The van der Waals surface area contributed by atoms with E-state index in [0.717, 1.165) is 26.2 Å². The minimum atomic E-state index is -4.67. The summed E-state index contributed by atoms with van der Waals surface area (Å²) in [7, 11) is -4.67. The van der Waals surface area contributed by atoms with Crippen molar-refractivity contribution in [1.82, 2.24) is 10.2 Å². The molecule has 0 amide bonds. The molecule has 0 bridgehead atoms. The van der Waals surface area contributed by atoms with Crippen molar-refractivity contribution in [2.24, 2.45) is 0 Å². The van der Waals surface area contributed by atoms with Crippen molar-refractivity contribution in [1.29, 1.82) is 0 Å². The van der Waals surface area contributed by atoms with Gasteiger partial charge in [-0.05, 0) is 6.92 Å². The number of aliphatic hydroxyl groups excluding tert-OH is 1. The number of nitrogens with one attached hydrogen (secondary N) is 1. The predicted molar refractivity (Wildman–Crippen MR) is 50.3 cm³/mol. The summed E-state index contributed by atoms with van der Waals surface area (Å²) in [5, 5.41) is 12.3. The van der Waals surface area contributed by atoms with E-state index in [1.807, 2.05) is 6.92 Å². The van der Waals surface area contributed by atoms with Crippen LogP contribution in [0, 0.1) is 0 Å². The lowest BCUT2D eigenvalue weighted by atomic mass is 10.3. The van der Waals surface area contributed by atoms with E-state index in [0.29, 0.717) is 0 Å². The molecule has 1 unspecified atom stereocenters. The highest BCUT2D eigenvalue weighted by Crippen LogP contribution is 1.95. The number of aliphatic hydroxyl groups is 1. The zero-order valence-corrected chi connectivity index (χ0v) is 8.74. The van der Waals surface area contributed by atoms with Crippen molar-refractivity contribution in [2.75, 3.05) is 26.2 Å². The maximum Gasteiger partial charge on any atom is 0.394 e. The Morgan fingerprint density at radius 3 is 1.86 bits per heavy atom. The summed E-state index contributed by atoms with van der Waals surface area (Å²) in [6.07, 6.45) is -0.271. The first kappa shape index (κ1) is 13.8. The molecule has 0 aliphatic carbocycles. The minimum absolute atomic E-state index is 0.271. The lowest BCUT2D eigenvalue weighted by Gasteiger charge is -2.29. The van der Waals surface area contributed by atoms with Crippen LogP contribution in [-0.4, -0.2) is 59.9 Å². The van der Waals surface area contributed by atoms with Crippen molar-refractivity contribution in [3.05, 3.63) is 0 Å². The lowest BCUT2D eigenvalue weighted by molar-refractivity contribution is 0.0112. The van der Waals surface area contributed by atoms with Crippen molar-refractivity contribution in [2.45, 2.75) is 13.2 Å². The molecule has 1 fully saturated rings. The topological polar surface area (TPSA) is 110 Å². The van der Waals surface area contributed by atoms with Gasteiger partial charge in [0.2, 0.25) is 0 Å². The average molecular weight is 228 g/mol. The fourth-order valence-electron chi connectivity index (χ4n) is 1.06. The van der Waals surface area contributed by atoms with Crippen LogP contribution in [-0.2, 0) is 10.4 Å². The van der Waals surface area contributed by atoms with Crippen molar-refractivity contribution < 1.29 is 22.6 Å². The Hall–Kier alpha value is -0.250. The molecule has 0 saturated carbocycles. The Bertz CT molecular complexity index is 227. The smallest absolute Gasteiger partial charge is 0.379 e. The molecule has 0 spiro atoms. The number of hydrogen-bond donors (Lipinski definition) is 4. The molecule has 0 radical (unpaired) electrons. The Balaban J connectivity index is 0.000000292. The van der Waals surface area contributed by atoms with Gasteiger partial charge in [0.05, 0.1) is 0 Å². The van der Waals surface area contributed by atoms with Gasteiger partial charge in [0, 0.05) is 26.2 Å². The van der Waals surface area contributed by atoms with Crippen LogP contribution in [0.3, 0.4) is 0 Å². The van der Waals surface area contributed by atoms with Gasteiger partial charge in [0.25, 0.3) is 0 Å². The van der Waals surface area contributed by atoms with E-state index in [4.69, 9.17) is 22.6 Å². The molecule has 1 atom stereocenters. The summed E-state index contributed by atoms with van der Waals surface area (Å²) in [6, 6.07) is 0. The highest BCUT2D eigenvalue weighted by Gasteiger charge is 2.12. The fraction of sp³-hybridized carbons (Fsp3) is 1.00. The highest BCUT2D eigenvalue weighted by atomic mass is 32.3. The third kappa shape index (κ3) is 9.84. The number of piperazine rings is 1. The summed E-state index contributed by atoms with van der Waals surface area (Å²) in [5.41, 5.74) is 0. The summed E-state index contributed by atoms with van der Waals surface area (Å²) in [5.74, 6) is 0. The molecule has 0 aromatic heterocycles. The molecule has 14 heavy (non-hydrogen) atoms. The first-order valence-electron chi connectivity index (χ1n) is 4.13. The molecule has 1 saturated heterocycles. The van der Waals surface area contributed by atoms with Crippen molar-refractivity contribution in [3.63, 3.8) is 0 Å². The molecule has 4 N–H and O–H groups in total. The van der Waals surface area contributed by atoms with Gasteiger partial charge in [-0.3, -0.25) is 14.0 Å². The molecular formula is C6H16N2O5S. The van der Waals surface area contributed by atoms with E-state index >= 15 is 0 Å². The molecule has 86 valence electrons. The number of hydrogen-bond acceptors (Lipinski definition) is 5. The summed E-state index contributed by atoms with van der Waals surface area (Å²) in [6.45, 7) is 5.76. The molecular weight excluding hydrogens is 212 g/mol. The number of nitrogens with zero attached hydrogens (tertiary/aromatic N) is 1. The van der Waals surface area contributed by atoms with Crippen LogP contribution in [0.5, 0.6) is 0 Å². The molecule has 1 aliphatic rings. The Kier molecular flexibility index (Phi) is 6.16. The second-order valence-electron chi connectivity index (χ2n) is 2.87. The molecule has 0 aromatic rings. The first-order chi connectivity index (χ1) is 6.30. The first-order valence-corrected chi connectivity index (χ1v) is 5.53. The predicted octanol–water partition coefficient (Wildman–Crippen LogP) is -1.42. The van der Waals surface area contributed by atoms with Gasteiger partial charge in [-0.2, -0.15) is 8.42 Å². The van der Waals surface area contributed by atoms with Gasteiger partial charge in [-0.25, -0.2) is 0 Å². The molecule has 8 heteroatoms. The van der Waals surface area contributed by atoms with Crippen LogP contribution in [0.25, 0.3) is 0 Å². The lowest BCUT2D eigenvalue weighted by Crippen LogP contribution is -2.47. The molecule has 1 rings (SSSR count). The molecule has 1 heterocycles. The van der Waals surface area contributed by atoms with Crippen LogP contribution in [0.15, 0.2) is 0 Å². The Morgan fingerprint density at radius 2 is 1.64 bits per heavy atom. The zero-order chi connectivity index (χ0) is 11.2. The molecule has 0 aromatic carbocycles. The second-order valence-corrected chi connectivity index (χ2v) is 3.76. The minimum Gasteiger partial charge on any atom is -0.379 e. The van der Waals surface area contributed by atoms with Gasteiger partial charge >= 0.3 is 10.4 Å². The van der Waals surface area contributed by atoms with Crippen molar-refractivity contribution in [3.8, 4) is 0 Å².